The number of sulfonamides is 1. The standard InChI is InChI=1S/C20H19NO5S/c1-26-20(23)18(19(22)15-8-3-2-4-9-15)21-27(24,25)17-12-11-14-7-5-6-10-16(14)13-17/h2-13,18-19,21-22H,1H3/t18-,19-/m1/s1. The Morgan fingerprint density at radius 2 is 1.59 bits per heavy atom. The zero-order chi connectivity index (χ0) is 19.4. The maximum atomic E-state index is 12.8. The van der Waals surface area contributed by atoms with Gasteiger partial charge in [0.2, 0.25) is 10.0 Å². The van der Waals surface area contributed by atoms with Gasteiger partial charge in [-0.1, -0.05) is 60.7 Å². The van der Waals surface area contributed by atoms with Crippen molar-refractivity contribution in [2.75, 3.05) is 7.11 Å². The molecule has 0 aliphatic carbocycles. The molecule has 3 rings (SSSR count). The molecule has 2 N–H and O–H groups in total. The Labute approximate surface area is 157 Å². The number of nitrogens with one attached hydrogen (secondary N) is 1. The molecule has 27 heavy (non-hydrogen) atoms. The Bertz CT molecular complexity index is 1050. The zero-order valence-electron chi connectivity index (χ0n) is 14.6. The van der Waals surface area contributed by atoms with Gasteiger partial charge < -0.3 is 9.84 Å². The molecule has 3 aromatic rings. The second kappa shape index (κ2) is 7.87. The quantitative estimate of drug-likeness (QED) is 0.636. The number of carbonyl (C=O) groups is 1. The van der Waals surface area contributed by atoms with Crippen LogP contribution in [0.3, 0.4) is 0 Å². The molecule has 3 aromatic carbocycles. The van der Waals surface area contributed by atoms with E-state index in [1.165, 1.54) is 12.1 Å². The molecule has 6 nitrogen and oxygen atoms in total. The second-order valence-corrected chi connectivity index (χ2v) is 7.70. The highest BCUT2D eigenvalue weighted by atomic mass is 32.2. The van der Waals surface area contributed by atoms with Crippen LogP contribution < -0.4 is 4.72 Å². The molecule has 0 aliphatic rings. The minimum Gasteiger partial charge on any atom is -0.468 e. The van der Waals surface area contributed by atoms with E-state index < -0.39 is 28.1 Å². The first-order valence-corrected chi connectivity index (χ1v) is 9.72. The summed E-state index contributed by atoms with van der Waals surface area (Å²) in [6, 6.07) is 18.8. The van der Waals surface area contributed by atoms with Crippen molar-refractivity contribution >= 4 is 26.8 Å². The first-order chi connectivity index (χ1) is 12.9. The van der Waals surface area contributed by atoms with Crippen LogP contribution >= 0.6 is 0 Å². The maximum Gasteiger partial charge on any atom is 0.326 e. The highest BCUT2D eigenvalue weighted by molar-refractivity contribution is 7.89. The molecular formula is C20H19NO5S. The fourth-order valence-corrected chi connectivity index (χ4v) is 4.01. The smallest absolute Gasteiger partial charge is 0.326 e. The second-order valence-electron chi connectivity index (χ2n) is 5.99. The van der Waals surface area contributed by atoms with Crippen LogP contribution in [0.2, 0.25) is 0 Å². The van der Waals surface area contributed by atoms with Crippen LogP contribution in [0.5, 0.6) is 0 Å². The molecule has 2 atom stereocenters. The van der Waals surface area contributed by atoms with Gasteiger partial charge in [-0.15, -0.1) is 0 Å². The fraction of sp³-hybridized carbons (Fsp3) is 0.150. The molecule has 0 aliphatic heterocycles. The molecule has 0 unspecified atom stereocenters. The lowest BCUT2D eigenvalue weighted by molar-refractivity contribution is -0.145. The monoisotopic (exact) mass is 385 g/mol. The molecule has 0 fully saturated rings. The van der Waals surface area contributed by atoms with Crippen LogP contribution in [0.4, 0.5) is 0 Å². The SMILES string of the molecule is COC(=O)[C@H](NS(=O)(=O)c1ccc2ccccc2c1)[C@H](O)c1ccccc1. The van der Waals surface area contributed by atoms with E-state index in [0.717, 1.165) is 17.9 Å². The van der Waals surface area contributed by atoms with Crippen molar-refractivity contribution < 1.29 is 23.1 Å². The summed E-state index contributed by atoms with van der Waals surface area (Å²) in [6.45, 7) is 0. The Morgan fingerprint density at radius 3 is 2.26 bits per heavy atom. The van der Waals surface area contributed by atoms with Crippen molar-refractivity contribution in [3.05, 3.63) is 78.4 Å². The Balaban J connectivity index is 1.94. The zero-order valence-corrected chi connectivity index (χ0v) is 15.4. The van der Waals surface area contributed by atoms with Gasteiger partial charge in [-0.3, -0.25) is 4.79 Å². The number of aliphatic hydroxyl groups is 1. The number of hydrogen-bond acceptors (Lipinski definition) is 5. The lowest BCUT2D eigenvalue weighted by Gasteiger charge is -2.22. The number of aliphatic hydroxyl groups excluding tert-OH is 1. The van der Waals surface area contributed by atoms with Crippen molar-refractivity contribution in [1.29, 1.82) is 0 Å². The van der Waals surface area contributed by atoms with E-state index in [-0.39, 0.29) is 4.90 Å². The largest absolute Gasteiger partial charge is 0.468 e. The van der Waals surface area contributed by atoms with Crippen LogP contribution in [-0.4, -0.2) is 32.6 Å². The van der Waals surface area contributed by atoms with Crippen LogP contribution in [0, 0.1) is 0 Å². The van der Waals surface area contributed by atoms with Gasteiger partial charge in [0.15, 0.2) is 0 Å². The number of esters is 1. The molecule has 0 radical (unpaired) electrons. The normalized spacial score (nSPS) is 13.9. The molecular weight excluding hydrogens is 366 g/mol. The topological polar surface area (TPSA) is 92.7 Å². The summed E-state index contributed by atoms with van der Waals surface area (Å²) < 4.78 is 32.6. The van der Waals surface area contributed by atoms with Gasteiger partial charge in [-0.25, -0.2) is 8.42 Å². The van der Waals surface area contributed by atoms with Gasteiger partial charge in [0.05, 0.1) is 12.0 Å². The van der Waals surface area contributed by atoms with Crippen molar-refractivity contribution in [2.45, 2.75) is 17.0 Å². The molecule has 7 heteroatoms. The fourth-order valence-electron chi connectivity index (χ4n) is 2.78. The van der Waals surface area contributed by atoms with Gasteiger partial charge in [0, 0.05) is 0 Å². The summed E-state index contributed by atoms with van der Waals surface area (Å²) >= 11 is 0. The molecule has 0 spiro atoms. The number of ether oxygens (including phenoxy) is 1. The lowest BCUT2D eigenvalue weighted by Crippen LogP contribution is -2.45. The molecule has 140 valence electrons. The Kier molecular flexibility index (Phi) is 5.55. The van der Waals surface area contributed by atoms with E-state index in [4.69, 9.17) is 0 Å². The number of hydrogen-bond donors (Lipinski definition) is 2. The van der Waals surface area contributed by atoms with E-state index in [0.29, 0.717) is 5.56 Å². The minimum atomic E-state index is -4.07. The summed E-state index contributed by atoms with van der Waals surface area (Å²) in [4.78, 5) is 12.1. The summed E-state index contributed by atoms with van der Waals surface area (Å²) in [6.07, 6.45) is -1.39. The minimum absolute atomic E-state index is 0.00429. The summed E-state index contributed by atoms with van der Waals surface area (Å²) in [5.41, 5.74) is 0.397. The number of fused-ring (bicyclic) bond motifs is 1. The predicted octanol–water partition coefficient (Wildman–Crippen LogP) is 2.39. The van der Waals surface area contributed by atoms with Crippen LogP contribution in [-0.2, 0) is 19.6 Å². The van der Waals surface area contributed by atoms with Crippen LogP contribution in [0.1, 0.15) is 11.7 Å². The van der Waals surface area contributed by atoms with Crippen molar-refractivity contribution in [2.24, 2.45) is 0 Å². The molecule has 0 heterocycles. The van der Waals surface area contributed by atoms with Crippen molar-refractivity contribution in [3.63, 3.8) is 0 Å². The average Bonchev–Trinajstić information content (AvgIpc) is 2.71. The van der Waals surface area contributed by atoms with Gasteiger partial charge in [0.1, 0.15) is 12.1 Å². The average molecular weight is 385 g/mol. The van der Waals surface area contributed by atoms with E-state index in [2.05, 4.69) is 9.46 Å². The number of benzene rings is 3. The molecule has 0 amide bonds. The predicted molar refractivity (Wildman–Crippen MR) is 101 cm³/mol. The van der Waals surface area contributed by atoms with Crippen LogP contribution in [0.15, 0.2) is 77.7 Å². The molecule has 0 saturated heterocycles. The first kappa shape index (κ1) is 19.0. The summed E-state index contributed by atoms with van der Waals surface area (Å²) in [7, 11) is -2.93. The lowest BCUT2D eigenvalue weighted by atomic mass is 10.0. The highest BCUT2D eigenvalue weighted by Gasteiger charge is 2.33. The number of carbonyl (C=O) groups excluding carboxylic acids is 1. The van der Waals surface area contributed by atoms with Gasteiger partial charge in [-0.2, -0.15) is 4.72 Å². The third-order valence-corrected chi connectivity index (χ3v) is 5.66. The van der Waals surface area contributed by atoms with Crippen molar-refractivity contribution in [1.82, 2.24) is 4.72 Å². The Hall–Kier alpha value is -2.74. The number of rotatable bonds is 6. The summed E-state index contributed by atoms with van der Waals surface area (Å²) in [5, 5.41) is 12.2. The first-order valence-electron chi connectivity index (χ1n) is 8.24. The third kappa shape index (κ3) is 4.16. The van der Waals surface area contributed by atoms with E-state index in [9.17, 15) is 18.3 Å². The summed E-state index contributed by atoms with van der Waals surface area (Å²) in [5.74, 6) is -0.879. The molecule has 0 saturated carbocycles. The van der Waals surface area contributed by atoms with Crippen molar-refractivity contribution in [3.8, 4) is 0 Å². The van der Waals surface area contributed by atoms with Gasteiger partial charge in [-0.05, 0) is 28.5 Å². The third-order valence-electron chi connectivity index (χ3n) is 4.23. The molecule has 0 bridgehead atoms. The van der Waals surface area contributed by atoms with Crippen LogP contribution in [0.25, 0.3) is 10.8 Å². The Morgan fingerprint density at radius 1 is 0.963 bits per heavy atom. The van der Waals surface area contributed by atoms with Gasteiger partial charge in [0.25, 0.3) is 0 Å². The maximum absolute atomic E-state index is 12.8. The van der Waals surface area contributed by atoms with Gasteiger partial charge >= 0.3 is 5.97 Å². The van der Waals surface area contributed by atoms with E-state index in [1.807, 2.05) is 18.2 Å². The van der Waals surface area contributed by atoms with E-state index >= 15 is 0 Å². The number of methoxy groups -OCH3 is 1. The highest BCUT2D eigenvalue weighted by Crippen LogP contribution is 2.22. The van der Waals surface area contributed by atoms with E-state index in [1.54, 1.807) is 42.5 Å². The molecule has 0 aromatic heterocycles.